The van der Waals surface area contributed by atoms with Gasteiger partial charge in [0.2, 0.25) is 5.91 Å². The number of piperidine rings is 1. The maximum absolute atomic E-state index is 11.0. The molecule has 0 aromatic heterocycles. The summed E-state index contributed by atoms with van der Waals surface area (Å²) in [6, 6.07) is 0.589. The second-order valence-corrected chi connectivity index (χ2v) is 3.72. The summed E-state index contributed by atoms with van der Waals surface area (Å²) in [6.07, 6.45) is 4.85. The molecule has 1 rings (SSSR count). The number of carbonyl (C=O) groups is 1. The van der Waals surface area contributed by atoms with Crippen LogP contribution in [0.1, 0.15) is 25.7 Å². The first-order valence-corrected chi connectivity index (χ1v) is 5.32. The zero-order valence-electron chi connectivity index (χ0n) is 9.25. The van der Waals surface area contributed by atoms with E-state index in [2.05, 4.69) is 10.6 Å². The monoisotopic (exact) mass is 236 g/mol. The van der Waals surface area contributed by atoms with Crippen LogP contribution in [0.25, 0.3) is 0 Å². The highest BCUT2D eigenvalue weighted by molar-refractivity contribution is 5.85. The van der Waals surface area contributed by atoms with Crippen LogP contribution in [-0.4, -0.2) is 38.8 Å². The number of methoxy groups -OCH3 is 1. The Bertz CT molecular complexity index is 173. The lowest BCUT2D eigenvalue weighted by Gasteiger charge is -2.23. The topological polar surface area (TPSA) is 50.4 Å². The fraction of sp³-hybridized carbons (Fsp3) is 0.900. The van der Waals surface area contributed by atoms with Crippen molar-refractivity contribution in [3.8, 4) is 0 Å². The molecule has 1 unspecified atom stereocenters. The second kappa shape index (κ2) is 8.95. The van der Waals surface area contributed by atoms with Gasteiger partial charge < -0.3 is 15.4 Å². The predicted molar refractivity (Wildman–Crippen MR) is 62.4 cm³/mol. The number of hydrogen-bond donors (Lipinski definition) is 2. The molecular weight excluding hydrogens is 216 g/mol. The molecule has 5 heteroatoms. The maximum atomic E-state index is 11.0. The third-order valence-electron chi connectivity index (χ3n) is 2.50. The Balaban J connectivity index is 0.00000196. The first-order chi connectivity index (χ1) is 6.83. The molecule has 15 heavy (non-hydrogen) atoms. The second-order valence-electron chi connectivity index (χ2n) is 3.72. The number of rotatable bonds is 5. The van der Waals surface area contributed by atoms with Crippen LogP contribution in [0.5, 0.6) is 0 Å². The summed E-state index contributed by atoms with van der Waals surface area (Å²) >= 11 is 0. The first-order valence-electron chi connectivity index (χ1n) is 5.32. The third-order valence-corrected chi connectivity index (χ3v) is 2.50. The van der Waals surface area contributed by atoms with E-state index in [-0.39, 0.29) is 24.9 Å². The van der Waals surface area contributed by atoms with E-state index in [4.69, 9.17) is 4.74 Å². The Labute approximate surface area is 97.5 Å². The number of halogens is 1. The molecule has 1 amide bonds. The van der Waals surface area contributed by atoms with Gasteiger partial charge in [-0.05, 0) is 25.8 Å². The molecule has 1 saturated heterocycles. The van der Waals surface area contributed by atoms with Crippen LogP contribution in [0.4, 0.5) is 0 Å². The predicted octanol–water partition coefficient (Wildman–Crippen LogP) is 0.703. The van der Waals surface area contributed by atoms with E-state index in [0.717, 1.165) is 19.5 Å². The van der Waals surface area contributed by atoms with Crippen molar-refractivity contribution in [1.29, 1.82) is 0 Å². The van der Waals surface area contributed by atoms with E-state index in [0.29, 0.717) is 6.04 Å². The molecule has 1 atom stereocenters. The molecule has 0 saturated carbocycles. The summed E-state index contributed by atoms with van der Waals surface area (Å²) < 4.78 is 4.72. The summed E-state index contributed by atoms with van der Waals surface area (Å²) in [5.74, 6) is -0.0247. The summed E-state index contributed by atoms with van der Waals surface area (Å²) in [4.78, 5) is 11.0. The van der Waals surface area contributed by atoms with E-state index < -0.39 is 0 Å². The quantitative estimate of drug-likeness (QED) is 0.739. The average Bonchev–Trinajstić information content (AvgIpc) is 2.20. The number of hydrogen-bond acceptors (Lipinski definition) is 3. The average molecular weight is 237 g/mol. The lowest BCUT2D eigenvalue weighted by atomic mass is 10.0. The molecule has 1 heterocycles. The number of nitrogens with one attached hydrogen (secondary N) is 2. The van der Waals surface area contributed by atoms with Crippen molar-refractivity contribution in [2.75, 3.05) is 26.8 Å². The van der Waals surface area contributed by atoms with Crippen LogP contribution in [0.15, 0.2) is 0 Å². The van der Waals surface area contributed by atoms with Crippen molar-refractivity contribution in [3.05, 3.63) is 0 Å². The summed E-state index contributed by atoms with van der Waals surface area (Å²) in [5, 5.41) is 6.27. The molecule has 2 N–H and O–H groups in total. The lowest BCUT2D eigenvalue weighted by molar-refractivity contribution is -0.124. The van der Waals surface area contributed by atoms with Gasteiger partial charge in [0.1, 0.15) is 6.61 Å². The van der Waals surface area contributed by atoms with Crippen LogP contribution < -0.4 is 10.6 Å². The Morgan fingerprint density at radius 1 is 1.53 bits per heavy atom. The number of amides is 1. The highest BCUT2D eigenvalue weighted by Gasteiger charge is 2.11. The molecule has 1 aliphatic rings. The molecule has 1 aliphatic heterocycles. The van der Waals surface area contributed by atoms with Gasteiger partial charge in [0, 0.05) is 19.7 Å². The van der Waals surface area contributed by atoms with Gasteiger partial charge in [0.05, 0.1) is 0 Å². The summed E-state index contributed by atoms with van der Waals surface area (Å²) in [6.45, 7) is 2.04. The molecule has 4 nitrogen and oxygen atoms in total. The van der Waals surface area contributed by atoms with Gasteiger partial charge in [-0.2, -0.15) is 0 Å². The third kappa shape index (κ3) is 6.71. The van der Waals surface area contributed by atoms with Crippen LogP contribution in [0.3, 0.4) is 0 Å². The van der Waals surface area contributed by atoms with Crippen LogP contribution in [0.2, 0.25) is 0 Å². The zero-order chi connectivity index (χ0) is 10.2. The molecule has 0 spiro atoms. The van der Waals surface area contributed by atoms with Crippen LogP contribution >= 0.6 is 12.4 Å². The molecular formula is C10H21ClN2O2. The minimum absolute atomic E-state index is 0. The number of ether oxygens (including phenoxy) is 1. The Morgan fingerprint density at radius 2 is 2.33 bits per heavy atom. The van der Waals surface area contributed by atoms with Crippen molar-refractivity contribution >= 4 is 18.3 Å². The van der Waals surface area contributed by atoms with Gasteiger partial charge >= 0.3 is 0 Å². The molecule has 90 valence electrons. The van der Waals surface area contributed by atoms with E-state index >= 15 is 0 Å². The van der Waals surface area contributed by atoms with Gasteiger partial charge in [0.25, 0.3) is 0 Å². The molecule has 0 radical (unpaired) electrons. The lowest BCUT2D eigenvalue weighted by Crippen LogP contribution is -2.38. The van der Waals surface area contributed by atoms with Gasteiger partial charge in [0.15, 0.2) is 0 Å². The minimum atomic E-state index is -0.0247. The van der Waals surface area contributed by atoms with Crippen molar-refractivity contribution < 1.29 is 9.53 Å². The van der Waals surface area contributed by atoms with Gasteiger partial charge in [-0.15, -0.1) is 12.4 Å². The van der Waals surface area contributed by atoms with Crippen LogP contribution in [0, 0.1) is 0 Å². The Morgan fingerprint density at radius 3 is 2.93 bits per heavy atom. The van der Waals surface area contributed by atoms with E-state index in [1.54, 1.807) is 0 Å². The normalized spacial score (nSPS) is 20.5. The van der Waals surface area contributed by atoms with E-state index in [1.165, 1.54) is 26.4 Å². The van der Waals surface area contributed by atoms with Crippen LogP contribution in [-0.2, 0) is 9.53 Å². The fourth-order valence-corrected chi connectivity index (χ4v) is 1.74. The van der Waals surface area contributed by atoms with Gasteiger partial charge in [-0.25, -0.2) is 0 Å². The number of carbonyl (C=O) groups excluding carboxylic acids is 1. The molecule has 0 aliphatic carbocycles. The molecule has 0 bridgehead atoms. The van der Waals surface area contributed by atoms with Gasteiger partial charge in [-0.1, -0.05) is 6.42 Å². The van der Waals surface area contributed by atoms with Crippen molar-refractivity contribution in [3.63, 3.8) is 0 Å². The highest BCUT2D eigenvalue weighted by atomic mass is 35.5. The fourth-order valence-electron chi connectivity index (χ4n) is 1.74. The maximum Gasteiger partial charge on any atom is 0.245 e. The van der Waals surface area contributed by atoms with Crippen molar-refractivity contribution in [2.45, 2.75) is 31.7 Å². The minimum Gasteiger partial charge on any atom is -0.375 e. The smallest absolute Gasteiger partial charge is 0.245 e. The highest BCUT2D eigenvalue weighted by Crippen LogP contribution is 2.08. The van der Waals surface area contributed by atoms with Gasteiger partial charge in [-0.3, -0.25) is 4.79 Å². The summed E-state index contributed by atoms with van der Waals surface area (Å²) in [7, 11) is 1.53. The van der Waals surface area contributed by atoms with E-state index in [9.17, 15) is 4.79 Å². The molecule has 1 fully saturated rings. The van der Waals surface area contributed by atoms with E-state index in [1.807, 2.05) is 0 Å². The largest absolute Gasteiger partial charge is 0.375 e. The summed E-state index contributed by atoms with van der Waals surface area (Å²) in [5.41, 5.74) is 0. The SMILES string of the molecule is COCC(=O)NCCC1CCCCN1.Cl. The van der Waals surface area contributed by atoms with Crippen molar-refractivity contribution in [1.82, 2.24) is 10.6 Å². The van der Waals surface area contributed by atoms with Crippen molar-refractivity contribution in [2.24, 2.45) is 0 Å². The first kappa shape index (κ1) is 14.7. The molecule has 0 aromatic rings. The zero-order valence-corrected chi connectivity index (χ0v) is 10.1. The standard InChI is InChI=1S/C10H20N2O2.ClH/c1-14-8-10(13)12-7-5-9-4-2-3-6-11-9;/h9,11H,2-8H2,1H3,(H,12,13);1H. The Kier molecular flexibility index (Phi) is 8.76. The Hall–Kier alpha value is -0.320. The molecule has 0 aromatic carbocycles.